The first kappa shape index (κ1) is 70.2. The quantitative estimate of drug-likeness (QED) is 0.100. The van der Waals surface area contributed by atoms with Crippen LogP contribution in [0.1, 0.15) is 212 Å². The first-order chi connectivity index (χ1) is 30.8. The maximum atomic E-state index is 14.2. The molecule has 3 unspecified atom stereocenters. The van der Waals surface area contributed by atoms with Crippen molar-refractivity contribution in [3.63, 3.8) is 0 Å². The van der Waals surface area contributed by atoms with Crippen LogP contribution in [-0.2, 0) is 5.41 Å². The highest BCUT2D eigenvalue weighted by Gasteiger charge is 2.33. The van der Waals surface area contributed by atoms with Gasteiger partial charge in [0.1, 0.15) is 0 Å². The third kappa shape index (κ3) is 29.4. The summed E-state index contributed by atoms with van der Waals surface area (Å²) in [5.41, 5.74) is 7.49. The van der Waals surface area contributed by atoms with E-state index in [-0.39, 0.29) is 5.41 Å². The lowest BCUT2D eigenvalue weighted by Crippen LogP contribution is -2.28. The summed E-state index contributed by atoms with van der Waals surface area (Å²) < 4.78 is 15.9. The lowest BCUT2D eigenvalue weighted by Gasteiger charge is -2.37. The Hall–Kier alpha value is -3.85. The van der Waals surface area contributed by atoms with E-state index in [1.807, 2.05) is 67.5 Å². The Balaban J connectivity index is -0.000000344. The second kappa shape index (κ2) is 44.0. The van der Waals surface area contributed by atoms with Crippen LogP contribution in [0.25, 0.3) is 5.57 Å². The third-order valence-electron chi connectivity index (χ3n) is 10.7. The van der Waals surface area contributed by atoms with Gasteiger partial charge in [0.15, 0.2) is 17.2 Å². The summed E-state index contributed by atoms with van der Waals surface area (Å²) in [7, 11) is 0. The van der Waals surface area contributed by atoms with Crippen molar-refractivity contribution in [2.75, 3.05) is 0 Å². The molecule has 1 aromatic carbocycles. The Morgan fingerprint density at radius 3 is 1.71 bits per heavy atom. The van der Waals surface area contributed by atoms with Crippen LogP contribution in [0.3, 0.4) is 0 Å². The molecule has 0 bridgehead atoms. The molecule has 0 radical (unpaired) electrons. The van der Waals surface area contributed by atoms with Crippen molar-refractivity contribution >= 4 is 17.6 Å². The predicted octanol–water partition coefficient (Wildman–Crippen LogP) is 20.9. The van der Waals surface area contributed by atoms with Gasteiger partial charge in [-0.3, -0.25) is 0 Å². The highest BCUT2D eigenvalue weighted by Crippen LogP contribution is 2.43. The van der Waals surface area contributed by atoms with Gasteiger partial charge in [0, 0.05) is 18.4 Å². The molecule has 0 N–H and O–H groups in total. The zero-order chi connectivity index (χ0) is 51.7. The normalized spacial score (nSPS) is 18.2. The van der Waals surface area contributed by atoms with Gasteiger partial charge in [-0.25, -0.2) is 4.39 Å². The summed E-state index contributed by atoms with van der Waals surface area (Å²) in [6.07, 6.45) is 26.8. The molecule has 65 heavy (non-hydrogen) atoms. The average molecular weight is 901 g/mol. The minimum Gasteiger partial charge on any atom is -0.202 e. The molecule has 0 saturated heterocycles. The molecule has 2 nitrogen and oxygen atoms in total. The summed E-state index contributed by atoms with van der Waals surface area (Å²) in [5, 5.41) is 0. The van der Waals surface area contributed by atoms with Crippen LogP contribution in [0.5, 0.6) is 0 Å². The van der Waals surface area contributed by atoms with Gasteiger partial charge >= 0.3 is 0 Å². The first-order valence-corrected chi connectivity index (χ1v) is 25.7. The Bertz CT molecular complexity index is 1590. The summed E-state index contributed by atoms with van der Waals surface area (Å²) in [5.74, 6) is 3.99. The maximum absolute atomic E-state index is 14.2. The predicted molar refractivity (Wildman–Crippen MR) is 302 cm³/mol. The second-order valence-electron chi connectivity index (χ2n) is 17.5. The average Bonchev–Trinajstić information content (AvgIpc) is 3.91. The van der Waals surface area contributed by atoms with E-state index in [4.69, 9.17) is 0 Å². The van der Waals surface area contributed by atoms with Gasteiger partial charge in [-0.05, 0) is 141 Å². The topological polar surface area (TPSA) is 15.4 Å². The van der Waals surface area contributed by atoms with Crippen LogP contribution < -0.4 is 0 Å². The van der Waals surface area contributed by atoms with Gasteiger partial charge < -0.3 is 0 Å². The van der Waals surface area contributed by atoms with Crippen molar-refractivity contribution < 1.29 is 8.97 Å². The van der Waals surface area contributed by atoms with Gasteiger partial charge in [0.25, 0.3) is 6.34 Å². The molecule has 372 valence electrons. The zero-order valence-electron chi connectivity index (χ0n) is 46.8. The largest absolute Gasteiger partial charge is 0.292 e. The minimum atomic E-state index is -0.446. The molecule has 0 aromatic heterocycles. The fraction of sp³-hybridized carbons (Fsp3) is 0.581. The van der Waals surface area contributed by atoms with Crippen LogP contribution in [0.4, 0.5) is 4.39 Å². The number of allylic oxidation sites excluding steroid dienone is 11. The molecule has 0 spiro atoms. The Kier molecular flexibility index (Phi) is 47.5. The van der Waals surface area contributed by atoms with E-state index in [9.17, 15) is 4.39 Å². The number of hydrogen-bond acceptors (Lipinski definition) is 1. The molecular formula is C62H108FN2+. The highest BCUT2D eigenvalue weighted by atomic mass is 19.1. The van der Waals surface area contributed by atoms with E-state index >= 15 is 0 Å². The van der Waals surface area contributed by atoms with Crippen LogP contribution in [-0.4, -0.2) is 16.6 Å². The van der Waals surface area contributed by atoms with Crippen LogP contribution in [0, 0.1) is 36.5 Å². The zero-order valence-corrected chi connectivity index (χ0v) is 46.8. The number of rotatable bonds is 14. The molecule has 1 aliphatic heterocycles. The number of aliphatic imine (C=N–C) groups is 1. The van der Waals surface area contributed by atoms with Crippen molar-refractivity contribution in [2.45, 2.75) is 208 Å². The van der Waals surface area contributed by atoms with E-state index < -0.39 is 5.83 Å². The maximum Gasteiger partial charge on any atom is 0.292 e. The van der Waals surface area contributed by atoms with E-state index in [2.05, 4.69) is 158 Å². The van der Waals surface area contributed by atoms with E-state index in [1.54, 1.807) is 17.0 Å². The lowest BCUT2D eigenvalue weighted by molar-refractivity contribution is -0.330. The minimum absolute atomic E-state index is 0.0553. The lowest BCUT2D eigenvalue weighted by atomic mass is 9.67. The van der Waals surface area contributed by atoms with Crippen molar-refractivity contribution in [3.8, 4) is 0 Å². The molecule has 3 heteroatoms. The van der Waals surface area contributed by atoms with Gasteiger partial charge in [0.2, 0.25) is 5.70 Å². The number of aryl methyl sites for hydroxylation is 1. The SMILES string of the molecule is C=CC.C=CCC(CC)CCC(CC)(C(=C)C)c1ccc(C(=C)/C=C2/N=C[N+](C(/C=C)=C(\F)C=C)=C2C)cc1C.CC.CC.CC.CC(C)C.CC1C=CCC1.CC1CC(C)C1.CCC. The Morgan fingerprint density at radius 1 is 0.892 bits per heavy atom. The van der Waals surface area contributed by atoms with Crippen molar-refractivity contribution in [3.05, 3.63) is 140 Å². The summed E-state index contributed by atoms with van der Waals surface area (Å²) in [6, 6.07) is 6.61. The first-order valence-electron chi connectivity index (χ1n) is 25.7. The fourth-order valence-corrected chi connectivity index (χ4v) is 7.38. The molecule has 2 aliphatic carbocycles. The summed E-state index contributed by atoms with van der Waals surface area (Å²) in [4.78, 5) is 4.49. The number of benzene rings is 1. The van der Waals surface area contributed by atoms with Crippen molar-refractivity contribution in [2.24, 2.45) is 34.6 Å². The third-order valence-corrected chi connectivity index (χ3v) is 10.7. The van der Waals surface area contributed by atoms with Crippen molar-refractivity contribution in [1.82, 2.24) is 0 Å². The standard InChI is InChI=1S/C34H44FN2.C6H12.C6H10.C4H10.C3H8.C3H6.3C2H6/c1-11-16-28(12-2)19-20-34(15-5,24(6)7)30-18-17-29(21-26(30)9)25(8)22-32-27(10)37(23-36-32)33(14-4)31(35)13-3;1-5-3-6(2)4-5;1-6-4-2-3-5-6;1-4(2)3;2*1-3-2;3*1-2/h11,13-14,17-18,21-23,28H,1,3-4,6,8,12,15-16,19-20H2,2,5,7,9-10H3;5-6H,3-4H2,1-2H3;2,4,6H,3,5H2,1H3;4H,1-3H3;3H2,1-2H3;3H,1H2,2H3;3*1-2H3/q+1;;;;;;;;/b32-22+,33-31-;;;;;;;;. The van der Waals surface area contributed by atoms with Crippen LogP contribution in [0.15, 0.2) is 128 Å². The van der Waals surface area contributed by atoms with E-state index in [0.29, 0.717) is 11.6 Å². The molecular weight excluding hydrogens is 792 g/mol. The van der Waals surface area contributed by atoms with Crippen LogP contribution in [0.2, 0.25) is 0 Å². The molecule has 4 rings (SSSR count). The monoisotopic (exact) mass is 900 g/mol. The van der Waals surface area contributed by atoms with E-state index in [1.165, 1.54) is 61.0 Å². The molecule has 1 saturated carbocycles. The number of halogens is 1. The molecule has 3 atom stereocenters. The molecule has 0 amide bonds. The number of nitrogens with zero attached hydrogens (tertiary/aromatic N) is 2. The Morgan fingerprint density at radius 2 is 1.40 bits per heavy atom. The smallest absolute Gasteiger partial charge is 0.202 e. The van der Waals surface area contributed by atoms with Gasteiger partial charge in [-0.1, -0.05) is 198 Å². The van der Waals surface area contributed by atoms with Crippen molar-refractivity contribution in [1.29, 1.82) is 0 Å². The highest BCUT2D eigenvalue weighted by molar-refractivity contribution is 6.02. The van der Waals surface area contributed by atoms with E-state index in [0.717, 1.165) is 78.3 Å². The second-order valence-corrected chi connectivity index (χ2v) is 17.5. The number of hydrogen-bond donors (Lipinski definition) is 0. The molecule has 1 aromatic rings. The van der Waals surface area contributed by atoms with Gasteiger partial charge in [-0.15, -0.1) is 13.2 Å². The molecule has 1 heterocycles. The fourth-order valence-electron chi connectivity index (χ4n) is 7.38. The summed E-state index contributed by atoms with van der Waals surface area (Å²) in [6.45, 7) is 65.6. The molecule has 1 fully saturated rings. The van der Waals surface area contributed by atoms with Gasteiger partial charge in [0.05, 0.1) is 0 Å². The van der Waals surface area contributed by atoms with Gasteiger partial charge in [-0.2, -0.15) is 4.58 Å². The summed E-state index contributed by atoms with van der Waals surface area (Å²) >= 11 is 0. The molecule has 3 aliphatic rings. The Labute approximate surface area is 407 Å². The van der Waals surface area contributed by atoms with Crippen LogP contribution >= 0.6 is 0 Å².